The molecule has 0 radical (unpaired) electrons. The van der Waals surface area contributed by atoms with Crippen molar-refractivity contribution in [2.45, 2.75) is 24.0 Å². The van der Waals surface area contributed by atoms with Crippen molar-refractivity contribution in [1.29, 1.82) is 0 Å². The molecule has 0 saturated carbocycles. The maximum Gasteiger partial charge on any atom is 0.285 e. The molecule has 13 nitrogen and oxygen atoms in total. The number of carbonyl (C=O) groups is 3. The van der Waals surface area contributed by atoms with E-state index in [2.05, 4.69) is 20.3 Å². The van der Waals surface area contributed by atoms with E-state index < -0.39 is 35.9 Å². The van der Waals surface area contributed by atoms with Crippen LogP contribution in [0.1, 0.15) is 37.3 Å². The second-order valence-electron chi connectivity index (χ2n) is 9.38. The fourth-order valence-electron chi connectivity index (χ4n) is 5.10. The van der Waals surface area contributed by atoms with Gasteiger partial charge in [0.15, 0.2) is 23.2 Å². The number of benzene rings is 2. The molecular weight excluding hydrogens is 508 g/mol. The largest absolute Gasteiger partial charge is 0.387 e. The fourth-order valence-corrected chi connectivity index (χ4v) is 5.10. The molecule has 2 fully saturated rings. The van der Waals surface area contributed by atoms with Gasteiger partial charge in [-0.1, -0.05) is 30.3 Å². The summed E-state index contributed by atoms with van der Waals surface area (Å²) >= 11 is 0. The predicted octanol–water partition coefficient (Wildman–Crippen LogP) is 1.33. The molecule has 39 heavy (non-hydrogen) atoms. The number of imide groups is 1. The number of carbonyl (C=O) groups excluding carboxylic acids is 3. The molecule has 2 saturated heterocycles. The van der Waals surface area contributed by atoms with Gasteiger partial charge >= 0.3 is 0 Å². The lowest BCUT2D eigenvalue weighted by molar-refractivity contribution is -0.217. The van der Waals surface area contributed by atoms with Crippen molar-refractivity contribution < 1.29 is 33.8 Å². The van der Waals surface area contributed by atoms with Gasteiger partial charge in [0.2, 0.25) is 0 Å². The zero-order valence-corrected chi connectivity index (χ0v) is 20.1. The summed E-state index contributed by atoms with van der Waals surface area (Å²) in [6, 6.07) is 15.1. The minimum absolute atomic E-state index is 0.0154. The summed E-state index contributed by atoms with van der Waals surface area (Å²) in [5.74, 6) is -1.33. The summed E-state index contributed by atoms with van der Waals surface area (Å²) in [6.45, 7) is -0.328. The molecule has 2 bridgehead atoms. The van der Waals surface area contributed by atoms with Crippen molar-refractivity contribution in [2.24, 2.45) is 0 Å². The highest BCUT2D eigenvalue weighted by atomic mass is 16.7. The topological polar surface area (TPSA) is 158 Å². The molecule has 0 aliphatic carbocycles. The van der Waals surface area contributed by atoms with Crippen molar-refractivity contribution in [3.63, 3.8) is 0 Å². The van der Waals surface area contributed by atoms with Gasteiger partial charge in [-0.15, -0.1) is 5.06 Å². The number of ether oxygens (including phenoxy) is 2. The van der Waals surface area contributed by atoms with Gasteiger partial charge in [-0.2, -0.15) is 0 Å². The van der Waals surface area contributed by atoms with Crippen LogP contribution in [0.25, 0.3) is 11.2 Å². The van der Waals surface area contributed by atoms with Gasteiger partial charge < -0.3 is 19.9 Å². The molecule has 3 amide bonds. The van der Waals surface area contributed by atoms with Crippen LogP contribution < -0.4 is 5.32 Å². The number of rotatable bonds is 6. The van der Waals surface area contributed by atoms with Crippen LogP contribution in [0.3, 0.4) is 0 Å². The van der Waals surface area contributed by atoms with Crippen LogP contribution in [0.15, 0.2) is 67.3 Å². The van der Waals surface area contributed by atoms with Crippen LogP contribution in [0.2, 0.25) is 0 Å². The molecule has 3 aliphatic rings. The smallest absolute Gasteiger partial charge is 0.285 e. The average Bonchev–Trinajstić information content (AvgIpc) is 3.68. The minimum Gasteiger partial charge on any atom is -0.387 e. The highest BCUT2D eigenvalue weighted by Crippen LogP contribution is 2.46. The Balaban J connectivity index is 1.12. The van der Waals surface area contributed by atoms with Gasteiger partial charge in [-0.25, -0.2) is 15.0 Å². The van der Waals surface area contributed by atoms with Gasteiger partial charge in [0.05, 0.1) is 24.1 Å². The number of fused-ring (bicyclic) bond motifs is 4. The molecule has 4 atom stereocenters. The molecule has 13 heteroatoms. The highest BCUT2D eigenvalue weighted by Gasteiger charge is 2.62. The molecule has 3 aliphatic heterocycles. The molecule has 2 aromatic carbocycles. The second-order valence-corrected chi connectivity index (χ2v) is 9.38. The molecule has 0 spiro atoms. The maximum absolute atomic E-state index is 12.7. The lowest BCUT2D eigenvalue weighted by Gasteiger charge is -2.31. The predicted molar refractivity (Wildman–Crippen MR) is 131 cm³/mol. The second kappa shape index (κ2) is 8.74. The highest BCUT2D eigenvalue weighted by molar-refractivity contribution is 6.20. The van der Waals surface area contributed by atoms with E-state index in [1.165, 1.54) is 12.7 Å². The van der Waals surface area contributed by atoms with Crippen LogP contribution in [0, 0.1) is 0 Å². The van der Waals surface area contributed by atoms with Crippen molar-refractivity contribution in [2.75, 3.05) is 18.5 Å². The Bertz CT molecular complexity index is 1610. The summed E-state index contributed by atoms with van der Waals surface area (Å²) in [7, 11) is 0. The Kier molecular flexibility index (Phi) is 5.28. The summed E-state index contributed by atoms with van der Waals surface area (Å²) in [5.41, 5.74) is 0.254. The summed E-state index contributed by atoms with van der Waals surface area (Å²) in [5, 5.41) is 14.5. The zero-order chi connectivity index (χ0) is 26.7. The Hall–Kier alpha value is -4.56. The lowest BCUT2D eigenvalue weighted by atomic mass is 10.0. The number of aromatic nitrogens is 4. The van der Waals surface area contributed by atoms with Crippen molar-refractivity contribution >= 4 is 34.7 Å². The summed E-state index contributed by atoms with van der Waals surface area (Å²) < 4.78 is 13.6. The van der Waals surface area contributed by atoms with Crippen LogP contribution >= 0.6 is 0 Å². The van der Waals surface area contributed by atoms with E-state index in [0.29, 0.717) is 21.8 Å². The number of aliphatic hydroxyl groups is 1. The molecular formula is C26H20N6O7. The number of hydrogen-bond acceptors (Lipinski definition) is 10. The lowest BCUT2D eigenvalue weighted by Crippen LogP contribution is -2.47. The van der Waals surface area contributed by atoms with Gasteiger partial charge in [0, 0.05) is 5.56 Å². The summed E-state index contributed by atoms with van der Waals surface area (Å²) in [6.07, 6.45) is -0.0402. The first-order valence-electron chi connectivity index (χ1n) is 12.1. The first-order chi connectivity index (χ1) is 19.0. The fraction of sp³-hybridized carbons (Fsp3) is 0.231. The normalized spacial score (nSPS) is 25.5. The third-order valence-electron chi connectivity index (χ3n) is 7.10. The molecule has 2 N–H and O–H groups in total. The van der Waals surface area contributed by atoms with Gasteiger partial charge in [0.25, 0.3) is 17.7 Å². The van der Waals surface area contributed by atoms with E-state index in [1.54, 1.807) is 53.1 Å². The maximum atomic E-state index is 12.7. The van der Waals surface area contributed by atoms with Gasteiger partial charge in [-0.05, 0) is 24.3 Å². The van der Waals surface area contributed by atoms with E-state index in [9.17, 15) is 19.5 Å². The number of hydrogen-bond donors (Lipinski definition) is 2. The number of nitrogens with one attached hydrogen (secondary N) is 1. The van der Waals surface area contributed by atoms with Crippen molar-refractivity contribution in [1.82, 2.24) is 24.6 Å². The number of aliphatic hydroxyl groups excluding tert-OH is 1. The average molecular weight is 528 g/mol. The molecule has 5 heterocycles. The van der Waals surface area contributed by atoms with E-state index in [1.807, 2.05) is 6.07 Å². The number of anilines is 1. The van der Waals surface area contributed by atoms with Crippen molar-refractivity contribution in [3.05, 3.63) is 83.9 Å². The first kappa shape index (κ1) is 23.5. The number of hydroxylamine groups is 2. The zero-order valence-electron chi connectivity index (χ0n) is 20.1. The van der Waals surface area contributed by atoms with Crippen LogP contribution in [0.4, 0.5) is 5.82 Å². The third-order valence-corrected chi connectivity index (χ3v) is 7.10. The third kappa shape index (κ3) is 3.55. The van der Waals surface area contributed by atoms with E-state index in [-0.39, 0.29) is 36.1 Å². The first-order valence-corrected chi connectivity index (χ1v) is 12.1. The van der Waals surface area contributed by atoms with Crippen LogP contribution in [-0.2, 0) is 14.3 Å². The SMILES string of the molecule is O=C(Nc1ncnc2c1ncn2[C@@H]1O[C@@]2(CON3C(=O)c4ccccc4C3=O)COC1C2O)c1ccccc1. The number of imidazole rings is 1. The molecule has 4 aromatic rings. The molecule has 2 aromatic heterocycles. The van der Waals surface area contributed by atoms with Gasteiger partial charge in [-0.3, -0.25) is 23.8 Å². The van der Waals surface area contributed by atoms with Crippen molar-refractivity contribution in [3.8, 4) is 0 Å². The number of amides is 3. The van der Waals surface area contributed by atoms with Crippen LogP contribution in [0.5, 0.6) is 0 Å². The Morgan fingerprint density at radius 3 is 2.51 bits per heavy atom. The number of nitrogens with zero attached hydrogens (tertiary/aromatic N) is 5. The van der Waals surface area contributed by atoms with E-state index in [4.69, 9.17) is 14.3 Å². The Morgan fingerprint density at radius 2 is 1.77 bits per heavy atom. The van der Waals surface area contributed by atoms with E-state index >= 15 is 0 Å². The Labute approximate surface area is 219 Å². The minimum atomic E-state index is -1.35. The monoisotopic (exact) mass is 528 g/mol. The quantitative estimate of drug-likeness (QED) is 0.350. The molecule has 196 valence electrons. The molecule has 7 rings (SSSR count). The van der Waals surface area contributed by atoms with Crippen LogP contribution in [-0.4, -0.2) is 78.4 Å². The van der Waals surface area contributed by atoms with Gasteiger partial charge in [0.1, 0.15) is 30.7 Å². The summed E-state index contributed by atoms with van der Waals surface area (Å²) in [4.78, 5) is 56.5. The molecule has 2 unspecified atom stereocenters. The standard InChI is InChI=1S/C26H20N6O7/c33-19-18-25(31-13-29-17-20(27-12-28-21(17)31)30-22(34)14-6-2-1-3-7-14)39-26(19,10-37-18)11-38-32-23(35)15-8-4-5-9-16(15)24(32)36/h1-9,12-13,18-19,25,33H,10-11H2,(H,27,28,30,34)/t18?,19?,25-,26-/m1/s1. The van der Waals surface area contributed by atoms with E-state index in [0.717, 1.165) is 0 Å². The Morgan fingerprint density at radius 1 is 1.05 bits per heavy atom.